The molecule has 0 amide bonds. The third-order valence-electron chi connectivity index (χ3n) is 2.81. The first-order valence-electron chi connectivity index (χ1n) is 6.15. The normalized spacial score (nSPS) is 14.6. The van der Waals surface area contributed by atoms with Crippen LogP contribution in [0.5, 0.6) is 0 Å². The molecule has 0 spiro atoms. The lowest BCUT2D eigenvalue weighted by Crippen LogP contribution is -2.33. The van der Waals surface area contributed by atoms with Gasteiger partial charge in [-0.3, -0.25) is 0 Å². The zero-order chi connectivity index (χ0) is 12.7. The predicted molar refractivity (Wildman–Crippen MR) is 75.4 cm³/mol. The van der Waals surface area contributed by atoms with E-state index >= 15 is 0 Å². The first-order chi connectivity index (χ1) is 8.03. The molecule has 17 heavy (non-hydrogen) atoms. The van der Waals surface area contributed by atoms with Gasteiger partial charge < -0.3 is 10.8 Å². The zero-order valence-corrected chi connectivity index (χ0v) is 11.6. The molecule has 0 saturated heterocycles. The van der Waals surface area contributed by atoms with Crippen LogP contribution in [0.1, 0.15) is 31.7 Å². The van der Waals surface area contributed by atoms with Crippen molar-refractivity contribution < 1.29 is 5.11 Å². The molecule has 0 aromatic heterocycles. The second-order valence-electron chi connectivity index (χ2n) is 4.82. The lowest BCUT2D eigenvalue weighted by molar-refractivity contribution is 0.0577. The number of nitrogens with two attached hydrogens (primary N) is 1. The van der Waals surface area contributed by atoms with Gasteiger partial charge >= 0.3 is 0 Å². The molecule has 1 aromatic rings. The molecule has 0 fully saturated rings. The summed E-state index contributed by atoms with van der Waals surface area (Å²) in [6.45, 7) is 4.27. The first kappa shape index (κ1) is 14.6. The van der Waals surface area contributed by atoms with Gasteiger partial charge in [0.2, 0.25) is 0 Å². The molecule has 3 N–H and O–H groups in total. The Kier molecular flexibility index (Phi) is 6.03. The molecule has 1 aromatic carbocycles. The van der Waals surface area contributed by atoms with Crippen molar-refractivity contribution in [3.05, 3.63) is 29.8 Å². The molecule has 0 heterocycles. The van der Waals surface area contributed by atoms with Crippen molar-refractivity contribution >= 4 is 11.8 Å². The highest BCUT2D eigenvalue weighted by atomic mass is 32.2. The van der Waals surface area contributed by atoms with E-state index in [4.69, 9.17) is 5.73 Å². The van der Waals surface area contributed by atoms with Gasteiger partial charge in [0.05, 0.1) is 5.60 Å². The minimum atomic E-state index is -0.687. The number of hydrogen-bond acceptors (Lipinski definition) is 3. The highest BCUT2D eigenvalue weighted by Gasteiger charge is 2.16. The Balaban J connectivity index is 2.17. The SMILES string of the molecule is Cc1cccc(SCCCCC(C)(O)CN)c1. The van der Waals surface area contributed by atoms with Crippen LogP contribution in [-0.2, 0) is 0 Å². The Morgan fingerprint density at radius 2 is 2.12 bits per heavy atom. The molecule has 2 nitrogen and oxygen atoms in total. The van der Waals surface area contributed by atoms with Crippen LogP contribution in [-0.4, -0.2) is 23.0 Å². The molecule has 0 aliphatic rings. The number of aryl methyl sites for hydroxylation is 1. The monoisotopic (exact) mass is 253 g/mol. The van der Waals surface area contributed by atoms with E-state index in [-0.39, 0.29) is 0 Å². The Bertz CT molecular complexity index is 339. The van der Waals surface area contributed by atoms with E-state index in [2.05, 4.69) is 31.2 Å². The Morgan fingerprint density at radius 3 is 2.76 bits per heavy atom. The molecule has 3 heteroatoms. The summed E-state index contributed by atoms with van der Waals surface area (Å²) in [6, 6.07) is 8.56. The molecule has 1 unspecified atom stereocenters. The Hall–Kier alpha value is -0.510. The second-order valence-corrected chi connectivity index (χ2v) is 5.99. The maximum absolute atomic E-state index is 9.74. The number of benzene rings is 1. The highest BCUT2D eigenvalue weighted by Crippen LogP contribution is 2.21. The van der Waals surface area contributed by atoms with Crippen LogP contribution in [0.2, 0.25) is 0 Å². The van der Waals surface area contributed by atoms with Crippen molar-refractivity contribution in [2.75, 3.05) is 12.3 Å². The molecule has 1 atom stereocenters. The van der Waals surface area contributed by atoms with E-state index in [0.29, 0.717) is 6.54 Å². The third-order valence-corrected chi connectivity index (χ3v) is 3.89. The van der Waals surface area contributed by atoms with E-state index in [0.717, 1.165) is 25.0 Å². The smallest absolute Gasteiger partial charge is 0.0741 e. The Labute approximate surface area is 109 Å². The van der Waals surface area contributed by atoms with E-state index in [1.165, 1.54) is 10.5 Å². The molecule has 0 aliphatic carbocycles. The van der Waals surface area contributed by atoms with E-state index in [1.807, 2.05) is 11.8 Å². The maximum atomic E-state index is 9.74. The van der Waals surface area contributed by atoms with Gasteiger partial charge in [-0.15, -0.1) is 11.8 Å². The van der Waals surface area contributed by atoms with E-state index < -0.39 is 5.60 Å². The molecular weight excluding hydrogens is 230 g/mol. The number of thioether (sulfide) groups is 1. The van der Waals surface area contributed by atoms with Crippen molar-refractivity contribution in [3.8, 4) is 0 Å². The average Bonchev–Trinajstić information content (AvgIpc) is 2.29. The largest absolute Gasteiger partial charge is 0.389 e. The molecule has 0 radical (unpaired) electrons. The topological polar surface area (TPSA) is 46.2 Å². The highest BCUT2D eigenvalue weighted by molar-refractivity contribution is 7.99. The van der Waals surface area contributed by atoms with Gasteiger partial charge in [-0.05, 0) is 51.0 Å². The minimum Gasteiger partial charge on any atom is -0.389 e. The summed E-state index contributed by atoms with van der Waals surface area (Å²) in [5.41, 5.74) is 6.09. The number of aliphatic hydroxyl groups is 1. The fourth-order valence-corrected chi connectivity index (χ4v) is 2.63. The molecule has 0 aliphatic heterocycles. The number of rotatable bonds is 7. The Morgan fingerprint density at radius 1 is 1.35 bits per heavy atom. The van der Waals surface area contributed by atoms with Crippen LogP contribution in [0.3, 0.4) is 0 Å². The minimum absolute atomic E-state index is 0.345. The standard InChI is InChI=1S/C14H23NOS/c1-12-6-5-7-13(10-12)17-9-4-3-8-14(2,16)11-15/h5-7,10,16H,3-4,8-9,11,15H2,1-2H3. The molecule has 96 valence electrons. The fraction of sp³-hybridized carbons (Fsp3) is 0.571. The molecule has 0 saturated carbocycles. The van der Waals surface area contributed by atoms with Gasteiger partial charge in [-0.25, -0.2) is 0 Å². The van der Waals surface area contributed by atoms with Gasteiger partial charge in [0.25, 0.3) is 0 Å². The van der Waals surface area contributed by atoms with Crippen LogP contribution >= 0.6 is 11.8 Å². The van der Waals surface area contributed by atoms with Gasteiger partial charge in [0, 0.05) is 11.4 Å². The predicted octanol–water partition coefficient (Wildman–Crippen LogP) is 2.97. The lowest BCUT2D eigenvalue weighted by Gasteiger charge is -2.20. The van der Waals surface area contributed by atoms with E-state index in [1.54, 1.807) is 6.92 Å². The molecule has 1 rings (SSSR count). The lowest BCUT2D eigenvalue weighted by atomic mass is 10.00. The van der Waals surface area contributed by atoms with Crippen molar-refractivity contribution in [1.82, 2.24) is 0 Å². The molecular formula is C14H23NOS. The fourth-order valence-electron chi connectivity index (χ4n) is 1.61. The van der Waals surface area contributed by atoms with Crippen molar-refractivity contribution in [3.63, 3.8) is 0 Å². The molecule has 0 bridgehead atoms. The van der Waals surface area contributed by atoms with E-state index in [9.17, 15) is 5.11 Å². The summed E-state index contributed by atoms with van der Waals surface area (Å²) < 4.78 is 0. The van der Waals surface area contributed by atoms with Crippen molar-refractivity contribution in [2.45, 2.75) is 43.6 Å². The third kappa shape index (κ3) is 6.10. The van der Waals surface area contributed by atoms with Crippen LogP contribution in [0.4, 0.5) is 0 Å². The van der Waals surface area contributed by atoms with Crippen LogP contribution in [0, 0.1) is 6.92 Å². The van der Waals surface area contributed by atoms with Crippen LogP contribution < -0.4 is 5.73 Å². The summed E-state index contributed by atoms with van der Waals surface area (Å²) >= 11 is 1.88. The number of unbranched alkanes of at least 4 members (excludes halogenated alkanes) is 1. The maximum Gasteiger partial charge on any atom is 0.0741 e. The quantitative estimate of drug-likeness (QED) is 0.580. The summed E-state index contributed by atoms with van der Waals surface area (Å²) in [5.74, 6) is 1.10. The second kappa shape index (κ2) is 7.04. The van der Waals surface area contributed by atoms with Gasteiger partial charge in [-0.1, -0.05) is 17.7 Å². The summed E-state index contributed by atoms with van der Waals surface area (Å²) in [7, 11) is 0. The van der Waals surface area contributed by atoms with Crippen LogP contribution in [0.25, 0.3) is 0 Å². The van der Waals surface area contributed by atoms with Crippen molar-refractivity contribution in [2.24, 2.45) is 5.73 Å². The summed E-state index contributed by atoms with van der Waals surface area (Å²) in [4.78, 5) is 1.33. The number of hydrogen-bond donors (Lipinski definition) is 2. The zero-order valence-electron chi connectivity index (χ0n) is 10.8. The van der Waals surface area contributed by atoms with Gasteiger partial charge in [0.1, 0.15) is 0 Å². The average molecular weight is 253 g/mol. The summed E-state index contributed by atoms with van der Waals surface area (Å²) in [6.07, 6.45) is 2.94. The summed E-state index contributed by atoms with van der Waals surface area (Å²) in [5, 5.41) is 9.74. The van der Waals surface area contributed by atoms with Gasteiger partial charge in [0.15, 0.2) is 0 Å². The van der Waals surface area contributed by atoms with Gasteiger partial charge in [-0.2, -0.15) is 0 Å². The van der Waals surface area contributed by atoms with Crippen molar-refractivity contribution in [1.29, 1.82) is 0 Å². The van der Waals surface area contributed by atoms with Crippen LogP contribution in [0.15, 0.2) is 29.2 Å². The first-order valence-corrected chi connectivity index (χ1v) is 7.14.